The molecule has 2 N–H and O–H groups in total. The highest BCUT2D eigenvalue weighted by Gasteiger charge is 2.10. The van der Waals surface area contributed by atoms with Gasteiger partial charge in [0.2, 0.25) is 0 Å². The van der Waals surface area contributed by atoms with Crippen molar-refractivity contribution >= 4 is 17.4 Å². The third-order valence-electron chi connectivity index (χ3n) is 3.29. The van der Waals surface area contributed by atoms with Gasteiger partial charge in [-0.1, -0.05) is 13.0 Å². The lowest BCUT2D eigenvalue weighted by Crippen LogP contribution is -2.39. The van der Waals surface area contributed by atoms with Crippen LogP contribution in [-0.2, 0) is 6.42 Å². The number of nitrogens with zero attached hydrogens (tertiary/aromatic N) is 1. The van der Waals surface area contributed by atoms with E-state index >= 15 is 0 Å². The fourth-order valence-corrected chi connectivity index (χ4v) is 2.96. The van der Waals surface area contributed by atoms with Crippen LogP contribution in [0.2, 0.25) is 0 Å². The quantitative estimate of drug-likeness (QED) is 0.859. The van der Waals surface area contributed by atoms with Crippen LogP contribution in [0.15, 0.2) is 42.0 Å². The Hall–Kier alpha value is -1.88. The molecule has 0 spiro atoms. The number of amides is 2. The summed E-state index contributed by atoms with van der Waals surface area (Å²) < 4.78 is 0. The van der Waals surface area contributed by atoms with Crippen molar-refractivity contribution < 1.29 is 4.79 Å². The van der Waals surface area contributed by atoms with Crippen LogP contribution in [-0.4, -0.2) is 17.6 Å². The Morgan fingerprint density at radius 1 is 1.29 bits per heavy atom. The molecule has 4 nitrogen and oxygen atoms in total. The molecule has 0 aliphatic carbocycles. The van der Waals surface area contributed by atoms with E-state index in [-0.39, 0.29) is 12.1 Å². The zero-order chi connectivity index (χ0) is 15.1. The van der Waals surface area contributed by atoms with E-state index in [0.29, 0.717) is 12.5 Å². The minimum absolute atomic E-state index is 0.0272. The molecular formula is C16H21N3OS. The van der Waals surface area contributed by atoms with Crippen molar-refractivity contribution in [3.8, 4) is 0 Å². The predicted molar refractivity (Wildman–Crippen MR) is 86.4 cm³/mol. The van der Waals surface area contributed by atoms with Crippen molar-refractivity contribution in [2.45, 2.75) is 26.3 Å². The predicted octanol–water partition coefficient (Wildman–Crippen LogP) is 3.38. The number of thiophene rings is 1. The highest BCUT2D eigenvalue weighted by Crippen LogP contribution is 2.14. The highest BCUT2D eigenvalue weighted by molar-refractivity contribution is 7.09. The maximum Gasteiger partial charge on any atom is 0.315 e. The van der Waals surface area contributed by atoms with Gasteiger partial charge in [0, 0.05) is 23.8 Å². The number of carbonyl (C=O) groups excluding carboxylic acids is 1. The van der Waals surface area contributed by atoms with Crippen molar-refractivity contribution in [3.05, 3.63) is 52.5 Å². The lowest BCUT2D eigenvalue weighted by atomic mass is 10.1. The zero-order valence-corrected chi connectivity index (χ0v) is 13.2. The summed E-state index contributed by atoms with van der Waals surface area (Å²) in [6.45, 7) is 4.78. The molecule has 112 valence electrons. The smallest absolute Gasteiger partial charge is 0.315 e. The van der Waals surface area contributed by atoms with Crippen LogP contribution < -0.4 is 10.6 Å². The molecule has 0 aliphatic rings. The molecule has 2 aromatic rings. The zero-order valence-electron chi connectivity index (χ0n) is 12.4. The summed E-state index contributed by atoms with van der Waals surface area (Å²) in [4.78, 5) is 17.2. The molecule has 2 heterocycles. The van der Waals surface area contributed by atoms with E-state index in [1.54, 1.807) is 23.7 Å². The van der Waals surface area contributed by atoms with E-state index in [4.69, 9.17) is 0 Å². The monoisotopic (exact) mass is 303 g/mol. The van der Waals surface area contributed by atoms with E-state index in [9.17, 15) is 4.79 Å². The Morgan fingerprint density at radius 3 is 2.71 bits per heavy atom. The van der Waals surface area contributed by atoms with E-state index in [1.165, 1.54) is 4.88 Å². The van der Waals surface area contributed by atoms with Crippen LogP contribution in [0.3, 0.4) is 0 Å². The fourth-order valence-electron chi connectivity index (χ4n) is 2.09. The summed E-state index contributed by atoms with van der Waals surface area (Å²) in [5, 5.41) is 7.95. The average molecular weight is 303 g/mol. The first-order valence-corrected chi connectivity index (χ1v) is 8.00. The van der Waals surface area contributed by atoms with E-state index in [1.807, 2.05) is 19.1 Å². The van der Waals surface area contributed by atoms with Gasteiger partial charge < -0.3 is 10.6 Å². The van der Waals surface area contributed by atoms with Gasteiger partial charge in [0.15, 0.2) is 0 Å². The Labute approximate surface area is 129 Å². The number of hydrogen-bond donors (Lipinski definition) is 2. The number of urea groups is 1. The number of hydrogen-bond acceptors (Lipinski definition) is 3. The summed E-state index contributed by atoms with van der Waals surface area (Å²) >= 11 is 1.76. The van der Waals surface area contributed by atoms with Crippen molar-refractivity contribution in [2.75, 3.05) is 6.54 Å². The first-order valence-electron chi connectivity index (χ1n) is 7.12. The van der Waals surface area contributed by atoms with Crippen LogP contribution in [0.4, 0.5) is 4.79 Å². The lowest BCUT2D eigenvalue weighted by Gasteiger charge is -2.16. The van der Waals surface area contributed by atoms with Gasteiger partial charge in [-0.3, -0.25) is 4.98 Å². The number of rotatable bonds is 6. The average Bonchev–Trinajstić information content (AvgIpc) is 2.99. The molecule has 2 atom stereocenters. The summed E-state index contributed by atoms with van der Waals surface area (Å²) in [6.07, 6.45) is 4.46. The molecular weight excluding hydrogens is 282 g/mol. The maximum absolute atomic E-state index is 11.9. The van der Waals surface area contributed by atoms with Crippen LogP contribution in [0, 0.1) is 5.92 Å². The summed E-state index contributed by atoms with van der Waals surface area (Å²) in [5.41, 5.74) is 1.05. The molecule has 0 bridgehead atoms. The van der Waals surface area contributed by atoms with Crippen LogP contribution >= 0.6 is 11.3 Å². The number of aromatic nitrogens is 1. The van der Waals surface area contributed by atoms with E-state index in [0.717, 1.165) is 12.0 Å². The first-order chi connectivity index (χ1) is 10.1. The third-order valence-corrected chi connectivity index (χ3v) is 4.19. The fraction of sp³-hybridized carbons (Fsp3) is 0.375. The second-order valence-electron chi connectivity index (χ2n) is 5.25. The van der Waals surface area contributed by atoms with E-state index < -0.39 is 0 Å². The third kappa shape index (κ3) is 5.19. The van der Waals surface area contributed by atoms with Gasteiger partial charge in [-0.05, 0) is 48.4 Å². The molecule has 0 unspecified atom stereocenters. The van der Waals surface area contributed by atoms with Crippen molar-refractivity contribution in [1.82, 2.24) is 15.6 Å². The summed E-state index contributed by atoms with van der Waals surface area (Å²) in [7, 11) is 0. The lowest BCUT2D eigenvalue weighted by molar-refractivity contribution is 0.236. The largest absolute Gasteiger partial charge is 0.338 e. The molecule has 0 radical (unpaired) electrons. The Kier molecular flexibility index (Phi) is 5.75. The molecule has 2 rings (SSSR count). The Bertz CT molecular complexity index is 542. The number of pyridine rings is 1. The van der Waals surface area contributed by atoms with Crippen molar-refractivity contribution in [1.29, 1.82) is 0 Å². The van der Waals surface area contributed by atoms with Crippen LogP contribution in [0.1, 0.15) is 30.3 Å². The summed E-state index contributed by atoms with van der Waals surface area (Å²) in [6, 6.07) is 7.85. The van der Waals surface area contributed by atoms with Gasteiger partial charge in [0.05, 0.1) is 6.04 Å². The summed E-state index contributed by atoms with van der Waals surface area (Å²) in [5.74, 6) is 0.422. The normalized spacial score (nSPS) is 13.4. The number of nitrogens with one attached hydrogen (secondary N) is 2. The van der Waals surface area contributed by atoms with Gasteiger partial charge in [0.25, 0.3) is 0 Å². The first kappa shape index (κ1) is 15.5. The maximum atomic E-state index is 11.9. The molecule has 5 heteroatoms. The van der Waals surface area contributed by atoms with Gasteiger partial charge in [-0.15, -0.1) is 11.3 Å². The SMILES string of the molecule is C[C@H](CNC(=O)N[C@H](C)c1ccncc1)Cc1cccs1. The molecule has 0 fully saturated rings. The molecule has 21 heavy (non-hydrogen) atoms. The standard InChI is InChI=1S/C16H21N3OS/c1-12(10-15-4-3-9-21-15)11-18-16(20)19-13(2)14-5-7-17-8-6-14/h3-9,12-13H,10-11H2,1-2H3,(H2,18,19,20)/t12-,13+/m0/s1. The Balaban J connectivity index is 1.72. The second kappa shape index (κ2) is 7.78. The van der Waals surface area contributed by atoms with Gasteiger partial charge in [-0.2, -0.15) is 0 Å². The van der Waals surface area contributed by atoms with Gasteiger partial charge in [0.1, 0.15) is 0 Å². The van der Waals surface area contributed by atoms with Crippen LogP contribution in [0.5, 0.6) is 0 Å². The highest BCUT2D eigenvalue weighted by atomic mass is 32.1. The minimum atomic E-state index is -0.127. The molecule has 0 aliphatic heterocycles. The molecule has 0 saturated heterocycles. The minimum Gasteiger partial charge on any atom is -0.338 e. The number of carbonyl (C=O) groups is 1. The van der Waals surface area contributed by atoms with Gasteiger partial charge in [-0.25, -0.2) is 4.79 Å². The Morgan fingerprint density at radius 2 is 2.05 bits per heavy atom. The van der Waals surface area contributed by atoms with E-state index in [2.05, 4.69) is 40.1 Å². The molecule has 0 aromatic carbocycles. The van der Waals surface area contributed by atoms with Crippen molar-refractivity contribution in [2.24, 2.45) is 5.92 Å². The molecule has 2 aromatic heterocycles. The second-order valence-corrected chi connectivity index (χ2v) is 6.28. The van der Waals surface area contributed by atoms with Gasteiger partial charge >= 0.3 is 6.03 Å². The topological polar surface area (TPSA) is 54.0 Å². The molecule has 0 saturated carbocycles. The van der Waals surface area contributed by atoms with Crippen molar-refractivity contribution in [3.63, 3.8) is 0 Å². The van der Waals surface area contributed by atoms with Crippen LogP contribution in [0.25, 0.3) is 0 Å². The molecule has 2 amide bonds.